The zero-order valence-corrected chi connectivity index (χ0v) is 20.9. The van der Waals surface area contributed by atoms with Crippen LogP contribution in [0.4, 0.5) is 26.1 Å². The van der Waals surface area contributed by atoms with Crippen molar-refractivity contribution in [3.05, 3.63) is 36.3 Å². The molecule has 0 amide bonds. The Bertz CT molecular complexity index is 1400. The molecule has 3 aromatic rings. The Kier molecular flexibility index (Phi) is 4.99. The van der Waals surface area contributed by atoms with Gasteiger partial charge in [-0.3, -0.25) is 4.68 Å². The molecule has 0 bridgehead atoms. The number of anilines is 3. The summed E-state index contributed by atoms with van der Waals surface area (Å²) in [4.78, 5) is 13.6. The van der Waals surface area contributed by atoms with Crippen LogP contribution in [-0.4, -0.2) is 57.9 Å². The Morgan fingerprint density at radius 2 is 1.97 bits per heavy atom. The van der Waals surface area contributed by atoms with Crippen molar-refractivity contribution in [1.29, 1.82) is 5.26 Å². The van der Waals surface area contributed by atoms with Gasteiger partial charge in [-0.05, 0) is 62.6 Å². The van der Waals surface area contributed by atoms with E-state index in [9.17, 15) is 14.0 Å². The predicted octanol–water partition coefficient (Wildman–Crippen LogP) is 4.90. The first-order valence-corrected chi connectivity index (χ1v) is 13.1. The summed E-state index contributed by atoms with van der Waals surface area (Å²) in [5.41, 5.74) is 2.10. The lowest BCUT2D eigenvalue weighted by atomic mass is 9.61. The highest BCUT2D eigenvalue weighted by Crippen LogP contribution is 2.54. The summed E-state index contributed by atoms with van der Waals surface area (Å²) in [5.74, 6) is 0.808. The molecule has 2 aromatic heterocycles. The highest BCUT2D eigenvalue weighted by molar-refractivity contribution is 5.92. The van der Waals surface area contributed by atoms with Crippen molar-refractivity contribution < 1.29 is 8.78 Å². The molecule has 2 saturated carbocycles. The second-order valence-electron chi connectivity index (χ2n) is 11.8. The number of nitriles is 1. The van der Waals surface area contributed by atoms with E-state index < -0.39 is 11.8 Å². The maximum atomic E-state index is 13.7. The molecule has 1 N–H and O–H groups in total. The van der Waals surface area contributed by atoms with E-state index in [-0.39, 0.29) is 5.56 Å². The number of hydrogen-bond acceptors (Lipinski definition) is 7. The summed E-state index contributed by atoms with van der Waals surface area (Å²) in [5, 5.41) is 18.3. The van der Waals surface area contributed by atoms with Crippen LogP contribution in [0.2, 0.25) is 0 Å². The van der Waals surface area contributed by atoms with Gasteiger partial charge in [0.2, 0.25) is 5.95 Å². The molecule has 1 aromatic carbocycles. The van der Waals surface area contributed by atoms with E-state index in [0.29, 0.717) is 53.0 Å². The number of nitrogens with zero attached hydrogens (tertiary/aromatic N) is 7. The minimum atomic E-state index is -2.59. The monoisotopic (exact) mass is 504 g/mol. The fourth-order valence-electron chi connectivity index (χ4n) is 6.98. The highest BCUT2D eigenvalue weighted by Gasteiger charge is 2.52. The predicted molar refractivity (Wildman–Crippen MR) is 136 cm³/mol. The average Bonchev–Trinajstić information content (AvgIpc) is 3.46. The Balaban J connectivity index is 1.15. The largest absolute Gasteiger partial charge is 0.368 e. The van der Waals surface area contributed by atoms with Crippen molar-refractivity contribution in [2.24, 2.45) is 16.7 Å². The summed E-state index contributed by atoms with van der Waals surface area (Å²) in [7, 11) is 2.16. The number of rotatable bonds is 6. The molecular weight excluding hydrogens is 474 g/mol. The van der Waals surface area contributed by atoms with Gasteiger partial charge in [-0.2, -0.15) is 10.4 Å². The van der Waals surface area contributed by atoms with Gasteiger partial charge < -0.3 is 15.1 Å². The zero-order chi connectivity index (χ0) is 25.4. The summed E-state index contributed by atoms with van der Waals surface area (Å²) in [6.45, 7) is 3.55. The molecule has 2 saturated heterocycles. The van der Waals surface area contributed by atoms with E-state index >= 15 is 0 Å². The maximum absolute atomic E-state index is 13.7. The first-order valence-electron chi connectivity index (χ1n) is 13.1. The number of fused-ring (bicyclic) bond motifs is 1. The molecule has 192 valence electrons. The minimum Gasteiger partial charge on any atom is -0.368 e. The minimum absolute atomic E-state index is 0.0510. The third kappa shape index (κ3) is 3.82. The van der Waals surface area contributed by atoms with Gasteiger partial charge >= 0.3 is 0 Å². The summed E-state index contributed by atoms with van der Waals surface area (Å²) < 4.78 is 29.5. The van der Waals surface area contributed by atoms with E-state index in [2.05, 4.69) is 38.3 Å². The van der Waals surface area contributed by atoms with E-state index in [1.807, 2.05) is 10.9 Å². The molecule has 1 unspecified atom stereocenters. The number of alkyl halides is 2. The fraction of sp³-hybridized carbons (Fsp3) is 0.556. The van der Waals surface area contributed by atoms with Crippen LogP contribution in [0.3, 0.4) is 0 Å². The van der Waals surface area contributed by atoms with Crippen LogP contribution in [0, 0.1) is 28.1 Å². The number of hydrogen-bond donors (Lipinski definition) is 1. The number of halogens is 2. The van der Waals surface area contributed by atoms with E-state index in [0.717, 1.165) is 37.8 Å². The molecule has 1 atom stereocenters. The lowest BCUT2D eigenvalue weighted by Crippen LogP contribution is -2.60. The topological polar surface area (TPSA) is 85.9 Å². The van der Waals surface area contributed by atoms with Gasteiger partial charge in [-0.15, -0.1) is 0 Å². The molecule has 0 radical (unpaired) electrons. The Labute approximate surface area is 214 Å². The molecule has 10 heteroatoms. The van der Waals surface area contributed by atoms with Gasteiger partial charge in [0.05, 0.1) is 40.6 Å². The van der Waals surface area contributed by atoms with Crippen molar-refractivity contribution in [2.75, 3.05) is 43.4 Å². The van der Waals surface area contributed by atoms with Crippen LogP contribution in [-0.2, 0) is 0 Å². The molecule has 4 heterocycles. The van der Waals surface area contributed by atoms with Crippen LogP contribution in [0.15, 0.2) is 30.7 Å². The molecule has 8 nitrogen and oxygen atoms in total. The fourth-order valence-corrected chi connectivity index (χ4v) is 6.98. The van der Waals surface area contributed by atoms with Crippen molar-refractivity contribution in [2.45, 2.75) is 44.6 Å². The van der Waals surface area contributed by atoms with Gasteiger partial charge in [-0.25, -0.2) is 18.7 Å². The van der Waals surface area contributed by atoms with E-state index in [4.69, 9.17) is 4.98 Å². The highest BCUT2D eigenvalue weighted by atomic mass is 19.3. The number of nitrogens with one attached hydrogen (secondary N) is 1. The molecule has 1 spiro atoms. The SMILES string of the molecule is CN1CC2(CC(n3cc(Nc4ncc5cc(C(F)F)cc(N6CCC(C#N)(C7CC7)C6)c5n4)cn3)C2)C1. The molecule has 7 rings (SSSR count). The maximum Gasteiger partial charge on any atom is 0.263 e. The van der Waals surface area contributed by atoms with Gasteiger partial charge in [0, 0.05) is 49.5 Å². The average molecular weight is 505 g/mol. The van der Waals surface area contributed by atoms with Gasteiger partial charge in [0.25, 0.3) is 6.43 Å². The lowest BCUT2D eigenvalue weighted by molar-refractivity contribution is -0.0786. The quantitative estimate of drug-likeness (QED) is 0.511. The first-order chi connectivity index (χ1) is 17.9. The van der Waals surface area contributed by atoms with Crippen LogP contribution in [0.25, 0.3) is 10.9 Å². The second kappa shape index (κ2) is 8.09. The summed E-state index contributed by atoms with van der Waals surface area (Å²) >= 11 is 0. The van der Waals surface area contributed by atoms with Crippen LogP contribution >= 0.6 is 0 Å². The van der Waals surface area contributed by atoms with E-state index in [1.54, 1.807) is 12.4 Å². The number of likely N-dealkylation sites (tertiary alicyclic amines) is 1. The van der Waals surface area contributed by atoms with Crippen LogP contribution < -0.4 is 10.2 Å². The number of benzene rings is 1. The zero-order valence-electron chi connectivity index (χ0n) is 20.9. The van der Waals surface area contributed by atoms with Crippen LogP contribution in [0.1, 0.15) is 50.1 Å². The van der Waals surface area contributed by atoms with Crippen molar-refractivity contribution in [3.8, 4) is 6.07 Å². The van der Waals surface area contributed by atoms with Crippen molar-refractivity contribution in [3.63, 3.8) is 0 Å². The van der Waals surface area contributed by atoms with Gasteiger partial charge in [0.15, 0.2) is 0 Å². The van der Waals surface area contributed by atoms with Crippen molar-refractivity contribution >= 4 is 28.2 Å². The first kappa shape index (κ1) is 22.8. The Hall–Kier alpha value is -3.32. The summed E-state index contributed by atoms with van der Waals surface area (Å²) in [6.07, 6.45) is 7.98. The van der Waals surface area contributed by atoms with Crippen molar-refractivity contribution in [1.82, 2.24) is 24.6 Å². The second-order valence-corrected chi connectivity index (χ2v) is 11.8. The Morgan fingerprint density at radius 1 is 1.16 bits per heavy atom. The van der Waals surface area contributed by atoms with Gasteiger partial charge in [0.1, 0.15) is 0 Å². The Morgan fingerprint density at radius 3 is 2.68 bits per heavy atom. The lowest BCUT2D eigenvalue weighted by Gasteiger charge is -2.58. The smallest absolute Gasteiger partial charge is 0.263 e. The molecule has 2 aliphatic heterocycles. The normalized spacial score (nSPS) is 25.4. The number of aromatic nitrogens is 4. The molecule has 4 fully saturated rings. The molecule has 4 aliphatic rings. The molecular formula is C27H30F2N8. The van der Waals surface area contributed by atoms with Gasteiger partial charge in [-0.1, -0.05) is 0 Å². The standard InChI is InChI=1S/C27H30F2N8/c1-35-14-26(15-35)8-21(9-26)37-12-20(11-32-37)33-25-31-10-18-6-17(24(28)29)7-22(23(18)34-25)36-5-4-27(13-30,16-36)19-2-3-19/h6-7,10-12,19,21,24H,2-5,8-9,14-16H2,1H3,(H,31,33,34). The third-order valence-corrected chi connectivity index (χ3v) is 8.94. The molecule has 37 heavy (non-hydrogen) atoms. The summed E-state index contributed by atoms with van der Waals surface area (Å²) in [6, 6.07) is 5.97. The molecule has 2 aliphatic carbocycles. The third-order valence-electron chi connectivity index (χ3n) is 8.94. The van der Waals surface area contributed by atoms with E-state index in [1.165, 1.54) is 25.2 Å². The van der Waals surface area contributed by atoms with Crippen LogP contribution in [0.5, 0.6) is 0 Å².